The summed E-state index contributed by atoms with van der Waals surface area (Å²) < 4.78 is 0. The van der Waals surface area contributed by atoms with Gasteiger partial charge >= 0.3 is 0 Å². The van der Waals surface area contributed by atoms with Gasteiger partial charge in [-0.15, -0.1) is 11.8 Å². The maximum absolute atomic E-state index is 12.4. The zero-order valence-electron chi connectivity index (χ0n) is 15.0. The molecule has 2 aromatic rings. The highest BCUT2D eigenvalue weighted by atomic mass is 35.5. The average Bonchev–Trinajstić information content (AvgIpc) is 2.69. The van der Waals surface area contributed by atoms with E-state index >= 15 is 0 Å². The topological polar surface area (TPSA) is 66.7 Å². The molecule has 1 aliphatic rings. The molecule has 1 aliphatic heterocycles. The number of rotatable bonds is 6. The summed E-state index contributed by atoms with van der Waals surface area (Å²) in [4.78, 5) is 27.1. The number of benzene rings is 2. The van der Waals surface area contributed by atoms with Crippen LogP contribution in [0.5, 0.6) is 0 Å². The second-order valence-corrected chi connectivity index (χ2v) is 8.24. The molecule has 28 heavy (non-hydrogen) atoms. The Bertz CT molecular complexity index is 856. The lowest BCUT2D eigenvalue weighted by atomic mass is 10.2. The molecule has 0 aromatic heterocycles. The number of piperazine rings is 1. The van der Waals surface area contributed by atoms with Gasteiger partial charge in [0.15, 0.2) is 0 Å². The van der Waals surface area contributed by atoms with Gasteiger partial charge < -0.3 is 9.80 Å². The van der Waals surface area contributed by atoms with Crippen LogP contribution in [0.2, 0.25) is 10.0 Å². The molecular weight excluding hydrogens is 421 g/mol. The van der Waals surface area contributed by atoms with E-state index in [1.807, 2.05) is 34.1 Å². The Morgan fingerprint density at radius 2 is 1.68 bits per heavy atom. The van der Waals surface area contributed by atoms with Gasteiger partial charge in [0, 0.05) is 48.0 Å². The average molecular weight is 440 g/mol. The maximum atomic E-state index is 12.4. The fraction of sp³-hybridized carbons (Fsp3) is 0.316. The summed E-state index contributed by atoms with van der Waals surface area (Å²) in [6, 6.07) is 12.3. The fourth-order valence-electron chi connectivity index (χ4n) is 3.04. The van der Waals surface area contributed by atoms with Crippen molar-refractivity contribution in [1.29, 1.82) is 0 Å². The molecule has 1 amide bonds. The van der Waals surface area contributed by atoms with Gasteiger partial charge in [-0.1, -0.05) is 35.3 Å². The molecule has 0 saturated carbocycles. The number of anilines is 1. The highest BCUT2D eigenvalue weighted by Gasteiger charge is 2.25. The van der Waals surface area contributed by atoms with Crippen molar-refractivity contribution in [3.05, 3.63) is 68.2 Å². The van der Waals surface area contributed by atoms with Gasteiger partial charge in [0.2, 0.25) is 5.91 Å². The Labute approximate surface area is 177 Å². The summed E-state index contributed by atoms with van der Waals surface area (Å²) in [5, 5.41) is 12.3. The van der Waals surface area contributed by atoms with Crippen molar-refractivity contribution in [1.82, 2.24) is 4.90 Å². The molecule has 9 heteroatoms. The summed E-state index contributed by atoms with van der Waals surface area (Å²) in [7, 11) is 0. The quantitative estimate of drug-likeness (QED) is 0.490. The Balaban J connectivity index is 1.50. The molecule has 148 valence electrons. The standard InChI is InChI=1S/C19H19Cl2N3O3S/c20-15-3-1-14(2-4-15)12-28-13-19(25)23-9-7-22(8-10-23)17-6-5-16(21)11-18(17)24(26)27/h1-6,11H,7-10,12-13H2. The number of nitro groups is 1. The molecule has 0 N–H and O–H groups in total. The lowest BCUT2D eigenvalue weighted by Gasteiger charge is -2.35. The molecule has 0 spiro atoms. The summed E-state index contributed by atoms with van der Waals surface area (Å²) in [6.07, 6.45) is 0. The van der Waals surface area contributed by atoms with E-state index in [-0.39, 0.29) is 11.6 Å². The van der Waals surface area contributed by atoms with Crippen molar-refractivity contribution >= 4 is 52.2 Å². The zero-order chi connectivity index (χ0) is 20.1. The first-order valence-electron chi connectivity index (χ1n) is 8.73. The molecule has 1 heterocycles. The van der Waals surface area contributed by atoms with Crippen LogP contribution in [0.25, 0.3) is 0 Å². The maximum Gasteiger partial charge on any atom is 0.294 e. The van der Waals surface area contributed by atoms with Crippen molar-refractivity contribution in [2.75, 3.05) is 36.8 Å². The van der Waals surface area contributed by atoms with Crippen molar-refractivity contribution in [2.45, 2.75) is 5.75 Å². The third-order valence-corrected chi connectivity index (χ3v) is 5.99. The number of carbonyl (C=O) groups excluding carboxylic acids is 1. The predicted molar refractivity (Wildman–Crippen MR) is 115 cm³/mol. The highest BCUT2D eigenvalue weighted by Crippen LogP contribution is 2.31. The minimum absolute atomic E-state index is 0.00852. The fourth-order valence-corrected chi connectivity index (χ4v) is 4.21. The van der Waals surface area contributed by atoms with Crippen LogP contribution in [-0.4, -0.2) is 47.7 Å². The summed E-state index contributed by atoms with van der Waals surface area (Å²) >= 11 is 13.3. The third-order valence-electron chi connectivity index (χ3n) is 4.51. The van der Waals surface area contributed by atoms with Crippen molar-refractivity contribution in [3.63, 3.8) is 0 Å². The van der Waals surface area contributed by atoms with Crippen molar-refractivity contribution in [3.8, 4) is 0 Å². The third kappa shape index (κ3) is 5.31. The summed E-state index contributed by atoms with van der Waals surface area (Å²) in [5.74, 6) is 1.24. The number of nitrogens with zero attached hydrogens (tertiary/aromatic N) is 3. The predicted octanol–water partition coefficient (Wildman–Crippen LogP) is 4.48. The van der Waals surface area contributed by atoms with Crippen LogP contribution >= 0.6 is 35.0 Å². The first-order chi connectivity index (χ1) is 13.4. The molecular formula is C19H19Cl2N3O3S. The zero-order valence-corrected chi connectivity index (χ0v) is 17.3. The van der Waals surface area contributed by atoms with Crippen LogP contribution in [0.4, 0.5) is 11.4 Å². The Hall–Kier alpha value is -1.96. The smallest absolute Gasteiger partial charge is 0.294 e. The summed E-state index contributed by atoms with van der Waals surface area (Å²) in [6.45, 7) is 2.19. The first kappa shape index (κ1) is 20.8. The Kier molecular flexibility index (Phi) is 7.04. The first-order valence-corrected chi connectivity index (χ1v) is 10.6. The largest absolute Gasteiger partial charge is 0.362 e. The van der Waals surface area contributed by atoms with Crippen molar-refractivity contribution < 1.29 is 9.72 Å². The van der Waals surface area contributed by atoms with Gasteiger partial charge in [-0.25, -0.2) is 0 Å². The van der Waals surface area contributed by atoms with Crippen LogP contribution in [0.3, 0.4) is 0 Å². The molecule has 0 radical (unpaired) electrons. The molecule has 6 nitrogen and oxygen atoms in total. The van der Waals surface area contributed by atoms with Gasteiger partial charge in [-0.2, -0.15) is 0 Å². The van der Waals surface area contributed by atoms with E-state index in [4.69, 9.17) is 23.2 Å². The second kappa shape index (κ2) is 9.49. The van der Waals surface area contributed by atoms with Crippen LogP contribution in [0.1, 0.15) is 5.56 Å². The van der Waals surface area contributed by atoms with E-state index < -0.39 is 4.92 Å². The van der Waals surface area contributed by atoms with E-state index in [1.165, 1.54) is 6.07 Å². The summed E-state index contributed by atoms with van der Waals surface area (Å²) in [5.41, 5.74) is 1.66. The van der Waals surface area contributed by atoms with Crippen LogP contribution in [0, 0.1) is 10.1 Å². The number of carbonyl (C=O) groups is 1. The molecule has 1 fully saturated rings. The van der Waals surface area contributed by atoms with Gasteiger partial charge in [0.05, 0.1) is 10.7 Å². The number of nitro benzene ring substituents is 1. The van der Waals surface area contributed by atoms with E-state index in [0.717, 1.165) is 11.3 Å². The monoisotopic (exact) mass is 439 g/mol. The van der Waals surface area contributed by atoms with Crippen molar-refractivity contribution in [2.24, 2.45) is 0 Å². The number of hydrogen-bond donors (Lipinski definition) is 0. The minimum atomic E-state index is -0.424. The minimum Gasteiger partial charge on any atom is -0.362 e. The molecule has 0 bridgehead atoms. The molecule has 1 saturated heterocycles. The SMILES string of the molecule is O=C(CSCc1ccc(Cl)cc1)N1CCN(c2ccc(Cl)cc2[N+](=O)[O-])CC1. The lowest BCUT2D eigenvalue weighted by molar-refractivity contribution is -0.384. The molecule has 0 atom stereocenters. The van der Waals surface area contributed by atoms with Crippen LogP contribution in [-0.2, 0) is 10.5 Å². The number of halogens is 2. The van der Waals surface area contributed by atoms with E-state index in [2.05, 4.69) is 0 Å². The number of hydrogen-bond acceptors (Lipinski definition) is 5. The van der Waals surface area contributed by atoms with Crippen LogP contribution in [0.15, 0.2) is 42.5 Å². The van der Waals surface area contributed by atoms with E-state index in [9.17, 15) is 14.9 Å². The van der Waals surface area contributed by atoms with Gasteiger partial charge in [0.25, 0.3) is 5.69 Å². The molecule has 0 unspecified atom stereocenters. The Morgan fingerprint density at radius 1 is 1.04 bits per heavy atom. The van der Waals surface area contributed by atoms with E-state index in [1.54, 1.807) is 23.9 Å². The second-order valence-electron chi connectivity index (χ2n) is 6.38. The van der Waals surface area contributed by atoms with Crippen LogP contribution < -0.4 is 4.90 Å². The molecule has 0 aliphatic carbocycles. The highest BCUT2D eigenvalue weighted by molar-refractivity contribution is 7.99. The van der Waals surface area contributed by atoms with E-state index in [0.29, 0.717) is 47.7 Å². The normalized spacial score (nSPS) is 14.2. The van der Waals surface area contributed by atoms with Gasteiger partial charge in [-0.05, 0) is 29.8 Å². The van der Waals surface area contributed by atoms with Gasteiger partial charge in [-0.3, -0.25) is 14.9 Å². The molecule has 3 rings (SSSR count). The number of thioether (sulfide) groups is 1. The molecule has 2 aromatic carbocycles. The van der Waals surface area contributed by atoms with Gasteiger partial charge in [0.1, 0.15) is 5.69 Å². The number of amides is 1. The lowest BCUT2D eigenvalue weighted by Crippen LogP contribution is -2.49. The Morgan fingerprint density at radius 3 is 2.32 bits per heavy atom.